The first-order valence-corrected chi connectivity index (χ1v) is 6.26. The van der Waals surface area contributed by atoms with Crippen LogP contribution < -0.4 is 10.2 Å². The summed E-state index contributed by atoms with van der Waals surface area (Å²) in [7, 11) is 0. The Morgan fingerprint density at radius 1 is 1.37 bits per heavy atom. The van der Waals surface area contributed by atoms with E-state index in [1.54, 1.807) is 6.07 Å². The Morgan fingerprint density at radius 2 is 2.16 bits per heavy atom. The fourth-order valence-corrected chi connectivity index (χ4v) is 1.81. The molecule has 0 fully saturated rings. The van der Waals surface area contributed by atoms with Crippen LogP contribution >= 0.6 is 0 Å². The van der Waals surface area contributed by atoms with Gasteiger partial charge in [0.05, 0.1) is 19.1 Å². The number of nitrogens with one attached hydrogen (secondary N) is 1. The Bertz CT molecular complexity index is 681. The van der Waals surface area contributed by atoms with Gasteiger partial charge in [0, 0.05) is 22.7 Å². The molecule has 1 N–H and O–H groups in total. The number of pyridine rings is 1. The van der Waals surface area contributed by atoms with E-state index in [9.17, 15) is 4.79 Å². The molecule has 0 aliphatic carbocycles. The second kappa shape index (κ2) is 5.57. The summed E-state index contributed by atoms with van der Waals surface area (Å²) in [6.45, 7) is 4.76. The van der Waals surface area contributed by atoms with Crippen molar-refractivity contribution in [3.05, 3.63) is 40.2 Å². The number of fused-ring (bicyclic) bond motifs is 1. The van der Waals surface area contributed by atoms with Crippen LogP contribution in [-0.4, -0.2) is 11.6 Å². The monoisotopic (exact) mass is 256 g/mol. The number of benzene rings is 1. The number of aromatic amines is 1. The molecule has 0 saturated carbocycles. The van der Waals surface area contributed by atoms with E-state index >= 15 is 0 Å². The Kier molecular flexibility index (Phi) is 3.86. The fourth-order valence-electron chi connectivity index (χ4n) is 1.81. The first-order chi connectivity index (χ1) is 9.10. The van der Waals surface area contributed by atoms with Gasteiger partial charge in [0.25, 0.3) is 0 Å². The number of aromatic nitrogens is 1. The normalized spacial score (nSPS) is 10.6. The van der Waals surface area contributed by atoms with Gasteiger partial charge in [-0.05, 0) is 24.1 Å². The zero-order chi connectivity index (χ0) is 13.8. The number of hydrogen-bond acceptors (Lipinski definition) is 3. The largest absolute Gasteiger partial charge is 0.493 e. The van der Waals surface area contributed by atoms with Gasteiger partial charge in [0.2, 0.25) is 0 Å². The van der Waals surface area contributed by atoms with Crippen molar-refractivity contribution >= 4 is 10.9 Å². The lowest BCUT2D eigenvalue weighted by Gasteiger charge is -2.09. The van der Waals surface area contributed by atoms with E-state index in [2.05, 4.69) is 18.8 Å². The van der Waals surface area contributed by atoms with Gasteiger partial charge in [0.1, 0.15) is 5.75 Å². The summed E-state index contributed by atoms with van der Waals surface area (Å²) >= 11 is 0. The third kappa shape index (κ3) is 3.14. The van der Waals surface area contributed by atoms with Gasteiger partial charge < -0.3 is 9.72 Å². The predicted molar refractivity (Wildman–Crippen MR) is 74.2 cm³/mol. The maximum atomic E-state index is 12.0. The molecule has 1 aromatic carbocycles. The first-order valence-electron chi connectivity index (χ1n) is 6.26. The number of ether oxygens (including phenoxy) is 1. The molecule has 98 valence electrons. The van der Waals surface area contributed by atoms with Crippen molar-refractivity contribution in [3.63, 3.8) is 0 Å². The van der Waals surface area contributed by atoms with Crippen molar-refractivity contribution in [2.24, 2.45) is 5.92 Å². The van der Waals surface area contributed by atoms with Crippen LogP contribution in [0.4, 0.5) is 0 Å². The minimum Gasteiger partial charge on any atom is -0.493 e. The lowest BCUT2D eigenvalue weighted by molar-refractivity contribution is 0.271. The van der Waals surface area contributed by atoms with E-state index in [0.717, 1.165) is 5.52 Å². The van der Waals surface area contributed by atoms with Gasteiger partial charge in [-0.1, -0.05) is 13.8 Å². The van der Waals surface area contributed by atoms with Gasteiger partial charge in [-0.25, -0.2) is 0 Å². The van der Waals surface area contributed by atoms with Crippen molar-refractivity contribution < 1.29 is 4.74 Å². The second-order valence-electron chi connectivity index (χ2n) is 4.91. The molecule has 0 atom stereocenters. The second-order valence-corrected chi connectivity index (χ2v) is 4.91. The summed E-state index contributed by atoms with van der Waals surface area (Å²) in [5.74, 6) is 1.13. The zero-order valence-corrected chi connectivity index (χ0v) is 11.1. The Balaban J connectivity index is 2.38. The average Bonchev–Trinajstić information content (AvgIpc) is 2.37. The molecule has 0 saturated heterocycles. The molecular formula is C15H16N2O2. The molecule has 1 heterocycles. The number of rotatable bonds is 4. The zero-order valence-electron chi connectivity index (χ0n) is 11.1. The van der Waals surface area contributed by atoms with Gasteiger partial charge in [-0.3, -0.25) is 4.79 Å². The van der Waals surface area contributed by atoms with Crippen LogP contribution in [0.25, 0.3) is 10.9 Å². The number of nitriles is 1. The molecular weight excluding hydrogens is 240 g/mol. The summed E-state index contributed by atoms with van der Waals surface area (Å²) in [6.07, 6.45) is 0.205. The summed E-state index contributed by atoms with van der Waals surface area (Å²) in [5, 5.41) is 9.24. The Morgan fingerprint density at radius 3 is 2.84 bits per heavy atom. The van der Waals surface area contributed by atoms with E-state index in [0.29, 0.717) is 29.4 Å². The molecule has 0 spiro atoms. The van der Waals surface area contributed by atoms with Crippen LogP contribution in [0.2, 0.25) is 0 Å². The maximum absolute atomic E-state index is 12.0. The number of hydrogen-bond donors (Lipinski definition) is 1. The molecule has 0 bridgehead atoms. The lowest BCUT2D eigenvalue weighted by atomic mass is 10.1. The van der Waals surface area contributed by atoms with Gasteiger partial charge >= 0.3 is 0 Å². The molecule has 2 aromatic rings. The number of H-pyrrole nitrogens is 1. The smallest absolute Gasteiger partial charge is 0.189 e. The standard InChI is InChI=1S/C15H16N2O2/c1-10(2)9-19-12-3-4-14-13(8-12)15(18)7-11(17-14)5-6-16/h3-4,7-8,10H,5,9H2,1-2H3,(H,17,18). The van der Waals surface area contributed by atoms with Crippen LogP contribution in [0.15, 0.2) is 29.1 Å². The van der Waals surface area contributed by atoms with Gasteiger partial charge in [0.15, 0.2) is 5.43 Å². The molecule has 2 rings (SSSR count). The highest BCUT2D eigenvalue weighted by Gasteiger charge is 2.04. The maximum Gasteiger partial charge on any atom is 0.189 e. The molecule has 4 nitrogen and oxygen atoms in total. The topological polar surface area (TPSA) is 65.9 Å². The third-order valence-electron chi connectivity index (χ3n) is 2.71. The van der Waals surface area contributed by atoms with Gasteiger partial charge in [-0.2, -0.15) is 5.26 Å². The lowest BCUT2D eigenvalue weighted by Crippen LogP contribution is -2.07. The number of nitrogens with zero attached hydrogens (tertiary/aromatic N) is 1. The highest BCUT2D eigenvalue weighted by Crippen LogP contribution is 2.18. The van der Waals surface area contributed by atoms with Crippen LogP contribution in [0.5, 0.6) is 5.75 Å². The minimum absolute atomic E-state index is 0.0889. The summed E-state index contributed by atoms with van der Waals surface area (Å²) < 4.78 is 5.60. The third-order valence-corrected chi connectivity index (χ3v) is 2.71. The molecule has 0 unspecified atom stereocenters. The minimum atomic E-state index is -0.0889. The van der Waals surface area contributed by atoms with Crippen LogP contribution in [0.3, 0.4) is 0 Å². The quantitative estimate of drug-likeness (QED) is 0.914. The molecule has 0 aliphatic heterocycles. The van der Waals surface area contributed by atoms with Crippen LogP contribution in [0, 0.1) is 17.2 Å². The summed E-state index contributed by atoms with van der Waals surface area (Å²) in [4.78, 5) is 15.1. The molecule has 4 heteroatoms. The van der Waals surface area contributed by atoms with Crippen molar-refractivity contribution in [3.8, 4) is 11.8 Å². The van der Waals surface area contributed by atoms with Crippen LogP contribution in [0.1, 0.15) is 19.5 Å². The Labute approximate surface area is 111 Å². The highest BCUT2D eigenvalue weighted by molar-refractivity contribution is 5.80. The molecule has 0 amide bonds. The molecule has 0 aliphatic rings. The average molecular weight is 256 g/mol. The molecule has 1 aromatic heterocycles. The van der Waals surface area contributed by atoms with Crippen molar-refractivity contribution in [2.45, 2.75) is 20.3 Å². The van der Waals surface area contributed by atoms with E-state index in [4.69, 9.17) is 10.00 Å². The first kappa shape index (κ1) is 13.2. The van der Waals surface area contributed by atoms with E-state index in [1.807, 2.05) is 18.2 Å². The Hall–Kier alpha value is -2.28. The van der Waals surface area contributed by atoms with Crippen molar-refractivity contribution in [1.82, 2.24) is 4.98 Å². The SMILES string of the molecule is CC(C)COc1ccc2[nH]c(CC#N)cc(=O)c2c1. The van der Waals surface area contributed by atoms with Crippen molar-refractivity contribution in [2.75, 3.05) is 6.61 Å². The fraction of sp³-hybridized carbons (Fsp3) is 0.333. The summed E-state index contributed by atoms with van der Waals surface area (Å²) in [5.41, 5.74) is 1.28. The predicted octanol–water partition coefficient (Wildman–Crippen LogP) is 2.63. The highest BCUT2D eigenvalue weighted by atomic mass is 16.5. The summed E-state index contributed by atoms with van der Waals surface area (Å²) in [6, 6.07) is 8.88. The van der Waals surface area contributed by atoms with E-state index in [-0.39, 0.29) is 11.8 Å². The van der Waals surface area contributed by atoms with Crippen molar-refractivity contribution in [1.29, 1.82) is 5.26 Å². The van der Waals surface area contributed by atoms with Crippen LogP contribution in [-0.2, 0) is 6.42 Å². The van der Waals surface area contributed by atoms with E-state index < -0.39 is 0 Å². The molecule has 19 heavy (non-hydrogen) atoms. The van der Waals surface area contributed by atoms with E-state index in [1.165, 1.54) is 6.07 Å². The molecule has 0 radical (unpaired) electrons. The van der Waals surface area contributed by atoms with Gasteiger partial charge in [-0.15, -0.1) is 0 Å².